The van der Waals surface area contributed by atoms with Gasteiger partial charge in [0.2, 0.25) is 0 Å². The number of hydrogen-bond donors (Lipinski definition) is 2. The van der Waals surface area contributed by atoms with Crippen molar-refractivity contribution in [2.45, 2.75) is 9.92 Å². The van der Waals surface area contributed by atoms with Crippen LogP contribution in [0.3, 0.4) is 0 Å². The summed E-state index contributed by atoms with van der Waals surface area (Å²) in [6.45, 7) is 0. The van der Waals surface area contributed by atoms with E-state index in [0.717, 1.165) is 4.47 Å². The molecule has 92 valence electrons. The van der Waals surface area contributed by atoms with Crippen LogP contribution in [-0.4, -0.2) is 16.1 Å². The van der Waals surface area contributed by atoms with E-state index in [1.165, 1.54) is 17.8 Å². The molecule has 1 aromatic heterocycles. The number of pyridine rings is 1. The molecular weight excluding hydrogens is 316 g/mol. The number of halogens is 1. The van der Waals surface area contributed by atoms with Crippen molar-refractivity contribution in [1.82, 2.24) is 4.98 Å². The molecule has 18 heavy (non-hydrogen) atoms. The third-order valence-electron chi connectivity index (χ3n) is 2.17. The molecule has 0 aliphatic heterocycles. The number of aromatic carboxylic acids is 1. The molecule has 0 aliphatic carbocycles. The molecule has 0 fully saturated rings. The zero-order valence-electron chi connectivity index (χ0n) is 9.13. The predicted molar refractivity (Wildman–Crippen MR) is 73.9 cm³/mol. The summed E-state index contributed by atoms with van der Waals surface area (Å²) in [7, 11) is 0. The Morgan fingerprint density at radius 1 is 1.39 bits per heavy atom. The number of benzene rings is 1. The number of nitrogens with zero attached hydrogens (tertiary/aromatic N) is 1. The average Bonchev–Trinajstić information content (AvgIpc) is 2.32. The van der Waals surface area contributed by atoms with Crippen LogP contribution >= 0.6 is 27.7 Å². The van der Waals surface area contributed by atoms with E-state index >= 15 is 0 Å². The van der Waals surface area contributed by atoms with Gasteiger partial charge < -0.3 is 10.8 Å². The fourth-order valence-electron chi connectivity index (χ4n) is 1.35. The zero-order valence-corrected chi connectivity index (χ0v) is 11.5. The molecule has 0 bridgehead atoms. The Morgan fingerprint density at radius 3 is 2.83 bits per heavy atom. The molecule has 1 heterocycles. The second kappa shape index (κ2) is 5.41. The van der Waals surface area contributed by atoms with Gasteiger partial charge in [0.1, 0.15) is 5.03 Å². The summed E-state index contributed by atoms with van der Waals surface area (Å²) in [5.41, 5.74) is 6.42. The van der Waals surface area contributed by atoms with E-state index in [1.807, 2.05) is 6.07 Å². The minimum Gasteiger partial charge on any atom is -0.478 e. The van der Waals surface area contributed by atoms with Gasteiger partial charge >= 0.3 is 5.97 Å². The van der Waals surface area contributed by atoms with Crippen LogP contribution in [0.15, 0.2) is 50.9 Å². The molecule has 0 radical (unpaired) electrons. The van der Waals surface area contributed by atoms with Gasteiger partial charge in [-0.25, -0.2) is 9.78 Å². The lowest BCUT2D eigenvalue weighted by Gasteiger charge is -2.07. The summed E-state index contributed by atoms with van der Waals surface area (Å²) in [4.78, 5) is 15.9. The highest BCUT2D eigenvalue weighted by molar-refractivity contribution is 9.10. The average molecular weight is 325 g/mol. The number of nitrogen functional groups attached to an aromatic ring is 1. The first kappa shape index (κ1) is 12.9. The molecule has 6 heteroatoms. The standard InChI is InChI=1S/C12H9BrN2O2S/c13-9-2-1-5-15-11(9)18-10-6-7(14)3-4-8(10)12(16)17/h1-6H,14H2,(H,16,17). The van der Waals surface area contributed by atoms with E-state index in [0.29, 0.717) is 15.6 Å². The summed E-state index contributed by atoms with van der Waals surface area (Å²) in [6.07, 6.45) is 1.65. The van der Waals surface area contributed by atoms with Gasteiger partial charge in [-0.3, -0.25) is 0 Å². The maximum Gasteiger partial charge on any atom is 0.336 e. The van der Waals surface area contributed by atoms with Crippen molar-refractivity contribution in [2.24, 2.45) is 0 Å². The summed E-state index contributed by atoms with van der Waals surface area (Å²) < 4.78 is 0.814. The van der Waals surface area contributed by atoms with Gasteiger partial charge in [-0.2, -0.15) is 0 Å². The van der Waals surface area contributed by atoms with Gasteiger partial charge in [-0.1, -0.05) is 11.8 Å². The van der Waals surface area contributed by atoms with Crippen LogP contribution in [0, 0.1) is 0 Å². The van der Waals surface area contributed by atoms with Crippen LogP contribution in [0.4, 0.5) is 5.69 Å². The SMILES string of the molecule is Nc1ccc(C(=O)O)c(Sc2ncccc2Br)c1. The number of rotatable bonds is 3. The van der Waals surface area contributed by atoms with Crippen molar-refractivity contribution < 1.29 is 9.90 Å². The highest BCUT2D eigenvalue weighted by Crippen LogP contribution is 2.34. The van der Waals surface area contributed by atoms with Crippen LogP contribution in [0.25, 0.3) is 0 Å². The molecule has 0 aliphatic rings. The molecule has 0 atom stereocenters. The monoisotopic (exact) mass is 324 g/mol. The van der Waals surface area contributed by atoms with E-state index < -0.39 is 5.97 Å². The van der Waals surface area contributed by atoms with E-state index in [4.69, 9.17) is 10.8 Å². The Labute approximate surface area is 116 Å². The molecule has 2 aromatic rings. The van der Waals surface area contributed by atoms with Crippen molar-refractivity contribution in [3.05, 3.63) is 46.6 Å². The van der Waals surface area contributed by atoms with E-state index in [2.05, 4.69) is 20.9 Å². The van der Waals surface area contributed by atoms with E-state index in [1.54, 1.807) is 24.4 Å². The fraction of sp³-hybridized carbons (Fsp3) is 0. The number of anilines is 1. The maximum atomic E-state index is 11.1. The highest BCUT2D eigenvalue weighted by atomic mass is 79.9. The maximum absolute atomic E-state index is 11.1. The van der Waals surface area contributed by atoms with Crippen molar-refractivity contribution in [3.8, 4) is 0 Å². The summed E-state index contributed by atoms with van der Waals surface area (Å²) in [6, 6.07) is 8.35. The largest absolute Gasteiger partial charge is 0.478 e. The number of aromatic nitrogens is 1. The Balaban J connectivity index is 2.42. The van der Waals surface area contributed by atoms with Crippen LogP contribution in [0.5, 0.6) is 0 Å². The smallest absolute Gasteiger partial charge is 0.336 e. The molecule has 0 unspecified atom stereocenters. The number of carboxylic acids is 1. The number of hydrogen-bond acceptors (Lipinski definition) is 4. The van der Waals surface area contributed by atoms with Crippen LogP contribution in [-0.2, 0) is 0 Å². The summed E-state index contributed by atoms with van der Waals surface area (Å²) in [5.74, 6) is -0.982. The Bertz CT molecular complexity index is 604. The second-order valence-corrected chi connectivity index (χ2v) is 5.34. The van der Waals surface area contributed by atoms with E-state index in [9.17, 15) is 4.79 Å². The quantitative estimate of drug-likeness (QED) is 0.847. The van der Waals surface area contributed by atoms with E-state index in [-0.39, 0.29) is 5.56 Å². The Kier molecular flexibility index (Phi) is 3.88. The minimum atomic E-state index is -0.982. The van der Waals surface area contributed by atoms with Crippen molar-refractivity contribution in [2.75, 3.05) is 5.73 Å². The summed E-state index contributed by atoms with van der Waals surface area (Å²) >= 11 is 4.64. The summed E-state index contributed by atoms with van der Waals surface area (Å²) in [5, 5.41) is 9.82. The number of nitrogens with two attached hydrogens (primary N) is 1. The second-order valence-electron chi connectivity index (χ2n) is 3.45. The number of carbonyl (C=O) groups is 1. The van der Waals surface area contributed by atoms with Crippen LogP contribution in [0.2, 0.25) is 0 Å². The minimum absolute atomic E-state index is 0.215. The molecule has 2 rings (SSSR count). The third-order valence-corrected chi connectivity index (χ3v) is 4.15. The fourth-order valence-corrected chi connectivity index (χ4v) is 2.80. The zero-order chi connectivity index (χ0) is 13.1. The highest BCUT2D eigenvalue weighted by Gasteiger charge is 2.13. The van der Waals surface area contributed by atoms with Gasteiger partial charge in [-0.15, -0.1) is 0 Å². The lowest BCUT2D eigenvalue weighted by Crippen LogP contribution is -2.00. The predicted octanol–water partition coefficient (Wildman–Crippen LogP) is 3.28. The van der Waals surface area contributed by atoms with Gasteiger partial charge in [0.15, 0.2) is 0 Å². The molecule has 0 saturated heterocycles. The Hall–Kier alpha value is -1.53. The molecule has 4 nitrogen and oxygen atoms in total. The first-order valence-corrected chi connectivity index (χ1v) is 6.60. The van der Waals surface area contributed by atoms with Gasteiger partial charge in [0, 0.05) is 16.8 Å². The van der Waals surface area contributed by atoms with Crippen LogP contribution < -0.4 is 5.73 Å². The van der Waals surface area contributed by atoms with Crippen LogP contribution in [0.1, 0.15) is 10.4 Å². The molecule has 0 amide bonds. The topological polar surface area (TPSA) is 76.2 Å². The lowest BCUT2D eigenvalue weighted by molar-refractivity contribution is 0.0693. The number of carboxylic acid groups (broad SMARTS) is 1. The third kappa shape index (κ3) is 2.83. The molecule has 0 spiro atoms. The molecule has 1 aromatic carbocycles. The Morgan fingerprint density at radius 2 is 2.17 bits per heavy atom. The van der Waals surface area contributed by atoms with Crippen molar-refractivity contribution in [3.63, 3.8) is 0 Å². The van der Waals surface area contributed by atoms with Crippen molar-refractivity contribution in [1.29, 1.82) is 0 Å². The van der Waals surface area contributed by atoms with Gasteiger partial charge in [-0.05, 0) is 46.3 Å². The van der Waals surface area contributed by atoms with Gasteiger partial charge in [0.25, 0.3) is 0 Å². The first-order chi connectivity index (χ1) is 8.58. The van der Waals surface area contributed by atoms with Gasteiger partial charge in [0.05, 0.1) is 10.0 Å². The van der Waals surface area contributed by atoms with Crippen molar-refractivity contribution >= 4 is 39.3 Å². The normalized spacial score (nSPS) is 10.3. The first-order valence-electron chi connectivity index (χ1n) is 4.99. The lowest BCUT2D eigenvalue weighted by atomic mass is 10.2. The molecule has 0 saturated carbocycles. The molecular formula is C12H9BrN2O2S. The molecule has 3 N–H and O–H groups in total.